The highest BCUT2D eigenvalue weighted by atomic mass is 35.5. The summed E-state index contributed by atoms with van der Waals surface area (Å²) in [6.45, 7) is 18.4. The van der Waals surface area contributed by atoms with Gasteiger partial charge >= 0.3 is 0 Å². The number of carbonyl (C=O) groups excluding carboxylic acids is 5. The Kier molecular flexibility index (Phi) is 21.5. The number of halogens is 1. The predicted octanol–water partition coefficient (Wildman–Crippen LogP) is 9.30. The Labute approximate surface area is 491 Å². The third-order valence-corrected chi connectivity index (χ3v) is 18.2. The number of unbranched alkanes of at least 4 members (excludes halogenated alkanes) is 1. The first kappa shape index (κ1) is 62.9. The molecule has 2 aliphatic heterocycles. The molecule has 0 saturated carbocycles. The number of aliphatic hydroxyl groups is 1. The fourth-order valence-electron chi connectivity index (χ4n) is 10.2. The fraction of sp³-hybridized carbons (Fsp3) is 0.500. The van der Waals surface area contributed by atoms with Gasteiger partial charge in [-0.05, 0) is 131 Å². The molecule has 0 spiro atoms. The molecule has 0 unspecified atom stereocenters. The number of aliphatic hydroxyl groups excluding tert-OH is 1. The van der Waals surface area contributed by atoms with Crippen molar-refractivity contribution in [2.75, 3.05) is 36.8 Å². The molecule has 4 heterocycles. The number of benzene rings is 3. The maximum Gasteiger partial charge on any atom is 0.246 e. The quantitative estimate of drug-likeness (QED) is 0.0315. The highest BCUT2D eigenvalue weighted by Gasteiger charge is 2.44. The summed E-state index contributed by atoms with van der Waals surface area (Å²) in [6, 6.07) is 16.6. The van der Waals surface area contributed by atoms with Crippen molar-refractivity contribution < 1.29 is 42.2 Å². The van der Waals surface area contributed by atoms with Gasteiger partial charge in [0.15, 0.2) is 15.7 Å². The molecule has 3 aromatic carbocycles. The van der Waals surface area contributed by atoms with Gasteiger partial charge in [0.25, 0.3) is 0 Å². The number of hydrogen-bond acceptors (Lipinski definition) is 15. The number of nitrogens with zero attached hydrogens (tertiary/aromatic N) is 5. The molecule has 442 valence electrons. The van der Waals surface area contributed by atoms with E-state index in [0.717, 1.165) is 45.7 Å². The smallest absolute Gasteiger partial charge is 0.246 e. The zero-order valence-corrected chi connectivity index (χ0v) is 50.8. The summed E-state index contributed by atoms with van der Waals surface area (Å²) < 4.78 is 32.6. The Morgan fingerprint density at radius 2 is 1.57 bits per heavy atom. The number of anilines is 4. The maximum atomic E-state index is 14.1. The SMILES string of the molecule is Cc1cc(Nc2ncc(Cl)c(Nc3ccccc3S(=O)(=O)C(C)C)n2)c(OC(C)C)cc1C1CCN(C(=O)CCCC(=O)NCCCCC(=O)N[C@H](C(=O)N2C[C@H](O)C[C@H]2C(=O)NCc2ccc(-c3scnc3C)cc2)C(C)(C)C)CC1. The average Bonchev–Trinajstić information content (AvgIpc) is 4.21. The van der Waals surface area contributed by atoms with E-state index in [2.05, 4.69) is 41.5 Å². The van der Waals surface area contributed by atoms with Crippen molar-refractivity contribution in [3.63, 3.8) is 0 Å². The van der Waals surface area contributed by atoms with E-state index in [-0.39, 0.29) is 96.1 Å². The molecule has 2 fully saturated rings. The average molecular weight is 1180 g/mol. The largest absolute Gasteiger partial charge is 0.489 e. The zero-order valence-electron chi connectivity index (χ0n) is 48.4. The molecular formula is C60H79ClN10O9S2. The highest BCUT2D eigenvalue weighted by Crippen LogP contribution is 2.39. The third kappa shape index (κ3) is 16.5. The van der Waals surface area contributed by atoms with Crippen LogP contribution in [0.2, 0.25) is 5.02 Å². The second-order valence-corrected chi connectivity index (χ2v) is 26.6. The van der Waals surface area contributed by atoms with Gasteiger partial charge in [-0.25, -0.2) is 18.4 Å². The summed E-state index contributed by atoms with van der Waals surface area (Å²) in [4.78, 5) is 84.8. The summed E-state index contributed by atoms with van der Waals surface area (Å²) in [7, 11) is -3.61. The molecule has 2 saturated heterocycles. The summed E-state index contributed by atoms with van der Waals surface area (Å²) >= 11 is 8.09. The lowest BCUT2D eigenvalue weighted by Crippen LogP contribution is -2.57. The van der Waals surface area contributed by atoms with Gasteiger partial charge in [-0.15, -0.1) is 11.3 Å². The molecule has 0 aliphatic carbocycles. The van der Waals surface area contributed by atoms with Crippen LogP contribution in [0.4, 0.5) is 23.1 Å². The summed E-state index contributed by atoms with van der Waals surface area (Å²) in [6.07, 6.45) is 3.95. The van der Waals surface area contributed by atoms with Crippen LogP contribution in [0.25, 0.3) is 10.4 Å². The van der Waals surface area contributed by atoms with Gasteiger partial charge in [0.2, 0.25) is 35.5 Å². The van der Waals surface area contributed by atoms with Crippen LogP contribution in [-0.2, 0) is 40.4 Å². The Morgan fingerprint density at radius 1 is 0.866 bits per heavy atom. The van der Waals surface area contributed by atoms with Crippen LogP contribution >= 0.6 is 22.9 Å². The maximum absolute atomic E-state index is 14.1. The lowest BCUT2D eigenvalue weighted by Gasteiger charge is -2.35. The number of hydrogen-bond donors (Lipinski definition) is 6. The second-order valence-electron chi connectivity index (χ2n) is 22.9. The minimum atomic E-state index is -3.61. The third-order valence-electron chi connectivity index (χ3n) is 14.7. The topological polar surface area (TPSA) is 254 Å². The molecule has 5 amide bonds. The zero-order chi connectivity index (χ0) is 59.5. The second kappa shape index (κ2) is 28.1. The monoisotopic (exact) mass is 1180 g/mol. The van der Waals surface area contributed by atoms with Gasteiger partial charge in [-0.3, -0.25) is 24.0 Å². The molecule has 2 aliphatic rings. The number of aromatic nitrogens is 3. The van der Waals surface area contributed by atoms with Crippen molar-refractivity contribution in [1.29, 1.82) is 0 Å². The molecule has 2 aromatic heterocycles. The van der Waals surface area contributed by atoms with Gasteiger partial charge in [0.1, 0.15) is 22.9 Å². The summed E-state index contributed by atoms with van der Waals surface area (Å²) in [5.41, 5.74) is 7.11. The number of amides is 5. The molecule has 19 nitrogen and oxygen atoms in total. The van der Waals surface area contributed by atoms with Crippen LogP contribution in [0.3, 0.4) is 0 Å². The number of likely N-dealkylation sites (tertiary alicyclic amines) is 2. The minimum Gasteiger partial charge on any atom is -0.489 e. The normalized spacial score (nSPS) is 16.3. The van der Waals surface area contributed by atoms with E-state index < -0.39 is 44.6 Å². The van der Waals surface area contributed by atoms with Gasteiger partial charge in [0, 0.05) is 58.4 Å². The molecule has 7 rings (SSSR count). The number of thiazole rings is 1. The molecule has 0 bridgehead atoms. The molecule has 3 atom stereocenters. The van der Waals surface area contributed by atoms with Crippen molar-refractivity contribution in [2.24, 2.45) is 5.41 Å². The number of piperidine rings is 1. The Bertz CT molecular complexity index is 3180. The lowest BCUT2D eigenvalue weighted by atomic mass is 9.85. The van der Waals surface area contributed by atoms with E-state index in [1.165, 1.54) is 11.1 Å². The number of β-amino-alcohol motifs (C(OH)–C–C–N with tert-alkyl or cyclic N) is 1. The van der Waals surface area contributed by atoms with Gasteiger partial charge in [-0.2, -0.15) is 4.98 Å². The van der Waals surface area contributed by atoms with Crippen molar-refractivity contribution in [3.8, 4) is 16.2 Å². The number of ether oxygens (including phenoxy) is 1. The number of nitrogens with one attached hydrogen (secondary N) is 5. The van der Waals surface area contributed by atoms with Crippen LogP contribution in [0.15, 0.2) is 77.3 Å². The minimum absolute atomic E-state index is 0.00575. The van der Waals surface area contributed by atoms with Crippen LogP contribution in [-0.4, -0.2) is 124 Å². The van der Waals surface area contributed by atoms with Crippen LogP contribution in [0.5, 0.6) is 5.75 Å². The van der Waals surface area contributed by atoms with Crippen molar-refractivity contribution in [3.05, 3.63) is 99.8 Å². The van der Waals surface area contributed by atoms with Gasteiger partial charge in [0.05, 0.1) is 56.0 Å². The van der Waals surface area contributed by atoms with E-state index in [1.54, 1.807) is 55.0 Å². The van der Waals surface area contributed by atoms with Gasteiger partial charge < -0.3 is 46.2 Å². The molecule has 5 aromatic rings. The fourth-order valence-corrected chi connectivity index (χ4v) is 12.3. The Balaban J connectivity index is 0.818. The van der Waals surface area contributed by atoms with E-state index >= 15 is 0 Å². The number of para-hydroxylation sites is 1. The van der Waals surface area contributed by atoms with E-state index in [0.29, 0.717) is 56.0 Å². The van der Waals surface area contributed by atoms with Crippen molar-refractivity contribution in [1.82, 2.24) is 40.7 Å². The highest BCUT2D eigenvalue weighted by molar-refractivity contribution is 7.92. The van der Waals surface area contributed by atoms with Gasteiger partial charge in [-0.1, -0.05) is 68.8 Å². The molecular weight excluding hydrogens is 1100 g/mol. The number of rotatable bonds is 24. The first-order valence-corrected chi connectivity index (χ1v) is 31.0. The van der Waals surface area contributed by atoms with E-state index in [9.17, 15) is 37.5 Å². The van der Waals surface area contributed by atoms with Crippen molar-refractivity contribution in [2.45, 2.75) is 167 Å². The molecule has 22 heteroatoms. The molecule has 0 radical (unpaired) electrons. The first-order chi connectivity index (χ1) is 38.9. The van der Waals surface area contributed by atoms with Crippen molar-refractivity contribution >= 4 is 85.5 Å². The van der Waals surface area contributed by atoms with Crippen LogP contribution in [0.1, 0.15) is 135 Å². The van der Waals surface area contributed by atoms with Crippen LogP contribution in [0, 0.1) is 19.3 Å². The predicted molar refractivity (Wildman–Crippen MR) is 320 cm³/mol. The van der Waals surface area contributed by atoms with Crippen LogP contribution < -0.4 is 31.3 Å². The lowest BCUT2D eigenvalue weighted by molar-refractivity contribution is -0.144. The standard InChI is InChI=1S/C60H79ClN10O9S2/c1-36(2)80-49-31-44(38(5)29-47(49)67-59-64-33-45(61)56(69-59)66-46-15-10-11-16-50(46)82(78,79)37(3)4)41-24-27-70(28-25-41)53(75)19-14-18-51(73)62-26-13-12-17-52(74)68-55(60(7,8)9)58(77)71-34-43(72)30-48(71)57(76)63-32-40-20-22-42(23-21-40)54-39(6)65-35-81-54/h10-11,15-16,20-23,29,31,33,35-37,41,43,48,55,72H,12-14,17-19,24-28,30,32,34H2,1-9H3,(H,62,73)(H,63,76)(H,68,74)(H2,64,66,67,69)/t43-,48+,55-/m1/s1. The molecule has 82 heavy (non-hydrogen) atoms. The molecule has 6 N–H and O–H groups in total. The Morgan fingerprint density at radius 3 is 2.24 bits per heavy atom. The number of carbonyl (C=O) groups is 5. The number of aryl methyl sites for hydroxylation is 2. The first-order valence-electron chi connectivity index (χ1n) is 28.2. The van der Waals surface area contributed by atoms with E-state index in [4.69, 9.17) is 16.3 Å². The van der Waals surface area contributed by atoms with E-state index in [1.807, 2.05) is 89.8 Å². The summed E-state index contributed by atoms with van der Waals surface area (Å²) in [5, 5.41) is 25.3. The summed E-state index contributed by atoms with van der Waals surface area (Å²) in [5.74, 6) is -0.0804. The Hall–Kier alpha value is -6.68. The number of sulfone groups is 1.